The van der Waals surface area contributed by atoms with Crippen LogP contribution in [-0.2, 0) is 10.9 Å². The van der Waals surface area contributed by atoms with Crippen molar-refractivity contribution in [1.29, 1.82) is 5.26 Å². The SMILES string of the molecule is COC[C@@]12CCN(c3ccc(C#N)c(C(F)(F)F)c3)C[C@@H]1CN(C(=O)c1ccc(OC)nc1)C2. The highest BCUT2D eigenvalue weighted by atomic mass is 19.4. The average Bonchev–Trinajstić information content (AvgIpc) is 3.21. The molecule has 2 fully saturated rings. The minimum atomic E-state index is -4.61. The van der Waals surface area contributed by atoms with Crippen LogP contribution in [0.5, 0.6) is 5.88 Å². The number of nitriles is 1. The first-order valence-corrected chi connectivity index (χ1v) is 10.9. The summed E-state index contributed by atoms with van der Waals surface area (Å²) in [5, 5.41) is 9.08. The molecule has 10 heteroatoms. The molecule has 4 rings (SSSR count). The van der Waals surface area contributed by atoms with E-state index in [-0.39, 0.29) is 17.2 Å². The molecule has 0 spiro atoms. The number of aromatic nitrogens is 1. The third-order valence-electron chi connectivity index (χ3n) is 6.84. The van der Waals surface area contributed by atoms with Crippen LogP contribution in [-0.4, -0.2) is 62.8 Å². The number of carbonyl (C=O) groups excluding carboxylic acids is 1. The quantitative estimate of drug-likeness (QED) is 0.659. The van der Waals surface area contributed by atoms with E-state index in [1.165, 1.54) is 19.4 Å². The second-order valence-corrected chi connectivity index (χ2v) is 8.80. The maximum atomic E-state index is 13.5. The van der Waals surface area contributed by atoms with Crippen LogP contribution in [0.25, 0.3) is 0 Å². The molecule has 0 aliphatic carbocycles. The van der Waals surface area contributed by atoms with Gasteiger partial charge in [-0.25, -0.2) is 4.98 Å². The molecular weight excluding hydrogens is 449 g/mol. The normalized spacial score (nSPS) is 22.3. The number of likely N-dealkylation sites (tertiary alicyclic amines) is 1. The molecule has 0 bridgehead atoms. The van der Waals surface area contributed by atoms with Gasteiger partial charge in [-0.3, -0.25) is 4.79 Å². The number of rotatable bonds is 5. The zero-order valence-corrected chi connectivity index (χ0v) is 18.9. The predicted molar refractivity (Wildman–Crippen MR) is 117 cm³/mol. The summed E-state index contributed by atoms with van der Waals surface area (Å²) >= 11 is 0. The Morgan fingerprint density at radius 3 is 2.68 bits per heavy atom. The van der Waals surface area contributed by atoms with Gasteiger partial charge in [0, 0.05) is 62.6 Å². The zero-order chi connectivity index (χ0) is 24.5. The van der Waals surface area contributed by atoms with Gasteiger partial charge < -0.3 is 19.3 Å². The number of carbonyl (C=O) groups is 1. The maximum Gasteiger partial charge on any atom is 0.417 e. The molecule has 1 aromatic heterocycles. The number of methoxy groups -OCH3 is 2. The van der Waals surface area contributed by atoms with Crippen LogP contribution >= 0.6 is 0 Å². The van der Waals surface area contributed by atoms with Gasteiger partial charge in [-0.15, -0.1) is 0 Å². The first-order chi connectivity index (χ1) is 16.2. The van der Waals surface area contributed by atoms with E-state index in [0.29, 0.717) is 56.3 Å². The van der Waals surface area contributed by atoms with Crippen LogP contribution in [0.4, 0.5) is 18.9 Å². The number of ether oxygens (including phenoxy) is 2. The van der Waals surface area contributed by atoms with Gasteiger partial charge >= 0.3 is 6.18 Å². The van der Waals surface area contributed by atoms with Crippen molar-refractivity contribution >= 4 is 11.6 Å². The summed E-state index contributed by atoms with van der Waals surface area (Å²) in [7, 11) is 3.12. The van der Waals surface area contributed by atoms with Gasteiger partial charge in [0.25, 0.3) is 5.91 Å². The number of anilines is 1. The number of nitrogens with zero attached hydrogens (tertiary/aromatic N) is 4. The van der Waals surface area contributed by atoms with Gasteiger partial charge in [-0.05, 0) is 30.7 Å². The number of piperidine rings is 1. The summed E-state index contributed by atoms with van der Waals surface area (Å²) in [4.78, 5) is 20.9. The smallest absolute Gasteiger partial charge is 0.417 e. The van der Waals surface area contributed by atoms with Crippen LogP contribution in [0, 0.1) is 22.7 Å². The molecule has 0 unspecified atom stereocenters. The van der Waals surface area contributed by atoms with Crippen LogP contribution in [0.2, 0.25) is 0 Å². The number of pyridine rings is 1. The minimum absolute atomic E-state index is 0.0151. The molecule has 180 valence electrons. The third-order valence-corrected chi connectivity index (χ3v) is 6.84. The first-order valence-electron chi connectivity index (χ1n) is 10.9. The van der Waals surface area contributed by atoms with Gasteiger partial charge in [0.05, 0.1) is 36.5 Å². The van der Waals surface area contributed by atoms with Crippen molar-refractivity contribution < 1.29 is 27.4 Å². The lowest BCUT2D eigenvalue weighted by Crippen LogP contribution is -2.49. The Morgan fingerprint density at radius 2 is 2.06 bits per heavy atom. The Balaban J connectivity index is 1.56. The number of benzene rings is 1. The fourth-order valence-electron chi connectivity index (χ4n) is 5.07. The maximum absolute atomic E-state index is 13.5. The summed E-state index contributed by atoms with van der Waals surface area (Å²) < 4.78 is 51.0. The molecule has 1 amide bonds. The number of fused-ring (bicyclic) bond motifs is 1. The Labute approximate surface area is 195 Å². The summed E-state index contributed by atoms with van der Waals surface area (Å²) in [6.07, 6.45) is -2.47. The number of halogens is 3. The molecule has 34 heavy (non-hydrogen) atoms. The van der Waals surface area contributed by atoms with Crippen molar-refractivity contribution in [2.45, 2.75) is 12.6 Å². The van der Waals surface area contributed by atoms with Crippen molar-refractivity contribution in [2.24, 2.45) is 11.3 Å². The van der Waals surface area contributed by atoms with Gasteiger partial charge in [0.2, 0.25) is 5.88 Å². The number of hydrogen-bond donors (Lipinski definition) is 0. The second-order valence-electron chi connectivity index (χ2n) is 8.80. The first kappa shape index (κ1) is 23.8. The number of alkyl halides is 3. The molecule has 2 aliphatic rings. The average molecular weight is 474 g/mol. The summed E-state index contributed by atoms with van der Waals surface area (Å²) in [5.41, 5.74) is -0.739. The second kappa shape index (κ2) is 9.14. The molecule has 7 nitrogen and oxygen atoms in total. The van der Waals surface area contributed by atoms with Crippen molar-refractivity contribution in [2.75, 3.05) is 51.9 Å². The van der Waals surface area contributed by atoms with Crippen molar-refractivity contribution in [1.82, 2.24) is 9.88 Å². The Hall–Kier alpha value is -3.32. The van der Waals surface area contributed by atoms with Gasteiger partial charge in [0.1, 0.15) is 0 Å². The van der Waals surface area contributed by atoms with Crippen molar-refractivity contribution in [3.8, 4) is 11.9 Å². The van der Waals surface area contributed by atoms with E-state index in [4.69, 9.17) is 14.7 Å². The van der Waals surface area contributed by atoms with Crippen LogP contribution in [0.3, 0.4) is 0 Å². The summed E-state index contributed by atoms with van der Waals surface area (Å²) in [5.74, 6) is 0.282. The van der Waals surface area contributed by atoms with Crippen molar-refractivity contribution in [3.63, 3.8) is 0 Å². The number of amides is 1. The lowest BCUT2D eigenvalue weighted by atomic mass is 9.73. The van der Waals surface area contributed by atoms with Gasteiger partial charge in [-0.1, -0.05) is 0 Å². The van der Waals surface area contributed by atoms with E-state index >= 15 is 0 Å². The van der Waals surface area contributed by atoms with E-state index in [0.717, 1.165) is 6.07 Å². The molecular formula is C24H25F3N4O3. The van der Waals surface area contributed by atoms with Crippen molar-refractivity contribution in [3.05, 3.63) is 53.2 Å². The van der Waals surface area contributed by atoms with Crippen LogP contribution in [0.1, 0.15) is 27.9 Å². The van der Waals surface area contributed by atoms with Crippen LogP contribution in [0.15, 0.2) is 36.5 Å². The molecule has 1 aromatic carbocycles. The van der Waals surface area contributed by atoms with Gasteiger partial charge in [0.15, 0.2) is 0 Å². The monoisotopic (exact) mass is 474 g/mol. The predicted octanol–water partition coefficient (Wildman–Crippen LogP) is 3.60. The molecule has 0 saturated carbocycles. The Kier molecular flexibility index (Phi) is 6.41. The lowest BCUT2D eigenvalue weighted by molar-refractivity contribution is -0.137. The molecule has 2 aromatic rings. The molecule has 2 saturated heterocycles. The highest BCUT2D eigenvalue weighted by Gasteiger charge is 2.51. The summed E-state index contributed by atoms with van der Waals surface area (Å²) in [6.45, 7) is 2.43. The molecule has 2 aliphatic heterocycles. The Morgan fingerprint density at radius 1 is 1.26 bits per heavy atom. The third kappa shape index (κ3) is 4.40. The zero-order valence-electron chi connectivity index (χ0n) is 18.9. The van der Waals surface area contributed by atoms with E-state index in [9.17, 15) is 18.0 Å². The molecule has 2 atom stereocenters. The summed E-state index contributed by atoms with van der Waals surface area (Å²) in [6, 6.07) is 8.74. The molecule has 3 heterocycles. The minimum Gasteiger partial charge on any atom is -0.481 e. The molecule has 0 radical (unpaired) electrons. The van der Waals surface area contributed by atoms with E-state index in [1.54, 1.807) is 36.3 Å². The molecule has 0 N–H and O–H groups in total. The number of hydrogen-bond acceptors (Lipinski definition) is 6. The van der Waals surface area contributed by atoms with E-state index < -0.39 is 17.3 Å². The van der Waals surface area contributed by atoms with E-state index in [1.807, 2.05) is 4.90 Å². The highest BCUT2D eigenvalue weighted by Crippen LogP contribution is 2.45. The van der Waals surface area contributed by atoms with Crippen LogP contribution < -0.4 is 9.64 Å². The Bertz CT molecular complexity index is 1100. The fraction of sp³-hybridized carbons (Fsp3) is 0.458. The standard InChI is InChI=1S/C24H25F3N4O3/c1-33-15-23-7-8-30(19-5-3-16(10-28)20(9-19)24(25,26)27)12-18(23)13-31(14-23)22(32)17-4-6-21(34-2)29-11-17/h3-6,9,11,18H,7-8,12-15H2,1-2H3/t18-,23+/m1/s1. The lowest BCUT2D eigenvalue weighted by Gasteiger charge is -2.44. The largest absolute Gasteiger partial charge is 0.481 e. The highest BCUT2D eigenvalue weighted by molar-refractivity contribution is 5.94. The fourth-order valence-corrected chi connectivity index (χ4v) is 5.07. The topological polar surface area (TPSA) is 78.7 Å². The van der Waals surface area contributed by atoms with E-state index in [2.05, 4.69) is 4.98 Å². The van der Waals surface area contributed by atoms with Gasteiger partial charge in [-0.2, -0.15) is 18.4 Å².